The summed E-state index contributed by atoms with van der Waals surface area (Å²) < 4.78 is 4.86. The number of hydrogen-bond acceptors (Lipinski definition) is 5. The van der Waals surface area contributed by atoms with Crippen molar-refractivity contribution in [2.75, 3.05) is 13.1 Å². The molecule has 2 heterocycles. The van der Waals surface area contributed by atoms with Crippen molar-refractivity contribution in [2.45, 2.75) is 45.1 Å². The number of imide groups is 1. The van der Waals surface area contributed by atoms with Gasteiger partial charge in [-0.05, 0) is 54.5 Å². The fraction of sp³-hybridized carbons (Fsp3) is 0.407. The Morgan fingerprint density at radius 2 is 1.82 bits per heavy atom. The highest BCUT2D eigenvalue weighted by Crippen LogP contribution is 2.38. The van der Waals surface area contributed by atoms with E-state index in [4.69, 9.17) is 4.74 Å². The van der Waals surface area contributed by atoms with Gasteiger partial charge in [-0.25, -0.2) is 0 Å². The topological polar surface area (TPSA) is 84.0 Å². The first-order valence-corrected chi connectivity index (χ1v) is 12.0. The van der Waals surface area contributed by atoms with Crippen molar-refractivity contribution in [3.63, 3.8) is 0 Å². The molecular formula is C27H28N2O5. The summed E-state index contributed by atoms with van der Waals surface area (Å²) in [5.74, 6) is -0.175. The van der Waals surface area contributed by atoms with Crippen LogP contribution in [0.3, 0.4) is 0 Å². The minimum atomic E-state index is -0.433. The fourth-order valence-corrected chi connectivity index (χ4v) is 5.75. The largest absolute Gasteiger partial charge is 0.429 e. The van der Waals surface area contributed by atoms with Crippen LogP contribution in [-0.2, 0) is 16.0 Å². The van der Waals surface area contributed by atoms with Crippen LogP contribution >= 0.6 is 0 Å². The van der Waals surface area contributed by atoms with Gasteiger partial charge in [-0.3, -0.25) is 24.1 Å². The van der Waals surface area contributed by atoms with Crippen molar-refractivity contribution in [1.29, 1.82) is 0 Å². The van der Waals surface area contributed by atoms with E-state index < -0.39 is 5.91 Å². The minimum absolute atomic E-state index is 0.0215. The Bertz CT molecular complexity index is 1160. The van der Waals surface area contributed by atoms with Crippen LogP contribution in [0, 0.1) is 11.8 Å². The molecule has 0 saturated heterocycles. The Morgan fingerprint density at radius 3 is 2.62 bits per heavy atom. The first-order valence-electron chi connectivity index (χ1n) is 12.0. The summed E-state index contributed by atoms with van der Waals surface area (Å²) in [6, 6.07) is 12.0. The van der Waals surface area contributed by atoms with Gasteiger partial charge in [-0.2, -0.15) is 0 Å². The third-order valence-corrected chi connectivity index (χ3v) is 7.61. The van der Waals surface area contributed by atoms with Gasteiger partial charge in [0.2, 0.25) is 5.91 Å². The van der Waals surface area contributed by atoms with Gasteiger partial charge in [-0.15, -0.1) is 0 Å². The SMILES string of the molecule is CC1CCCCC1C(=O)N1CCc2ccccc2C1CN1C(=O)c2ccc(OC=O)cc2C1=O. The lowest BCUT2D eigenvalue weighted by molar-refractivity contribution is -0.141. The van der Waals surface area contributed by atoms with Crippen molar-refractivity contribution in [1.82, 2.24) is 9.80 Å². The predicted molar refractivity (Wildman–Crippen MR) is 124 cm³/mol. The molecule has 5 rings (SSSR count). The summed E-state index contributed by atoms with van der Waals surface area (Å²) in [5.41, 5.74) is 2.64. The molecule has 34 heavy (non-hydrogen) atoms. The minimum Gasteiger partial charge on any atom is -0.429 e. The quantitative estimate of drug-likeness (QED) is 0.501. The molecule has 0 spiro atoms. The van der Waals surface area contributed by atoms with E-state index in [1.54, 1.807) is 0 Å². The Morgan fingerprint density at radius 1 is 1.06 bits per heavy atom. The Hall–Kier alpha value is -3.48. The van der Waals surface area contributed by atoms with E-state index in [1.807, 2.05) is 23.1 Å². The maximum atomic E-state index is 13.7. The van der Waals surface area contributed by atoms with Crippen LogP contribution in [0.2, 0.25) is 0 Å². The summed E-state index contributed by atoms with van der Waals surface area (Å²) in [7, 11) is 0. The van der Waals surface area contributed by atoms with Crippen LogP contribution in [-0.4, -0.2) is 47.1 Å². The highest BCUT2D eigenvalue weighted by Gasteiger charge is 2.42. The third kappa shape index (κ3) is 3.79. The zero-order valence-electron chi connectivity index (χ0n) is 19.2. The summed E-state index contributed by atoms with van der Waals surface area (Å²) in [4.78, 5) is 54.0. The molecular weight excluding hydrogens is 432 g/mol. The molecule has 3 unspecified atom stereocenters. The summed E-state index contributed by atoms with van der Waals surface area (Å²) in [6.45, 7) is 3.11. The van der Waals surface area contributed by atoms with Gasteiger partial charge in [0, 0.05) is 12.5 Å². The number of hydrogen-bond donors (Lipinski definition) is 0. The van der Waals surface area contributed by atoms with Gasteiger partial charge in [0.15, 0.2) is 0 Å². The van der Waals surface area contributed by atoms with Crippen molar-refractivity contribution in [3.05, 3.63) is 64.7 Å². The van der Waals surface area contributed by atoms with Crippen LogP contribution < -0.4 is 4.74 Å². The highest BCUT2D eigenvalue weighted by atomic mass is 16.5. The summed E-state index contributed by atoms with van der Waals surface area (Å²) in [6.07, 6.45) is 4.90. The monoisotopic (exact) mass is 460 g/mol. The molecule has 2 aromatic carbocycles. The highest BCUT2D eigenvalue weighted by molar-refractivity contribution is 6.21. The van der Waals surface area contributed by atoms with Crippen LogP contribution in [0.25, 0.3) is 0 Å². The van der Waals surface area contributed by atoms with E-state index in [2.05, 4.69) is 13.0 Å². The molecule has 7 nitrogen and oxygen atoms in total. The molecule has 3 aliphatic rings. The maximum absolute atomic E-state index is 13.7. The Balaban J connectivity index is 1.47. The lowest BCUT2D eigenvalue weighted by Crippen LogP contribution is -2.49. The van der Waals surface area contributed by atoms with Gasteiger partial charge in [-0.1, -0.05) is 44.0 Å². The van der Waals surface area contributed by atoms with Crippen LogP contribution in [0.1, 0.15) is 70.5 Å². The fourth-order valence-electron chi connectivity index (χ4n) is 5.75. The molecule has 0 radical (unpaired) electrons. The second-order valence-electron chi connectivity index (χ2n) is 9.51. The number of benzene rings is 2. The number of fused-ring (bicyclic) bond motifs is 2. The normalized spacial score (nSPS) is 24.0. The Kier molecular flexibility index (Phi) is 5.94. The number of rotatable bonds is 5. The number of carbonyl (C=O) groups is 4. The molecule has 176 valence electrons. The Labute approximate surface area is 198 Å². The number of amides is 3. The average molecular weight is 461 g/mol. The summed E-state index contributed by atoms with van der Waals surface area (Å²) >= 11 is 0. The molecule has 1 saturated carbocycles. The molecule has 1 aliphatic carbocycles. The van der Waals surface area contributed by atoms with Crippen molar-refractivity contribution < 1.29 is 23.9 Å². The van der Waals surface area contributed by atoms with Gasteiger partial charge >= 0.3 is 0 Å². The van der Waals surface area contributed by atoms with E-state index in [0.29, 0.717) is 12.5 Å². The first kappa shape index (κ1) is 22.3. The number of carbonyl (C=O) groups excluding carboxylic acids is 4. The lowest BCUT2D eigenvalue weighted by Gasteiger charge is -2.42. The molecule has 2 aliphatic heterocycles. The van der Waals surface area contributed by atoms with E-state index in [-0.39, 0.29) is 53.7 Å². The van der Waals surface area contributed by atoms with Crippen molar-refractivity contribution in [3.8, 4) is 5.75 Å². The second-order valence-corrected chi connectivity index (χ2v) is 9.51. The van der Waals surface area contributed by atoms with Gasteiger partial charge in [0.05, 0.1) is 23.7 Å². The van der Waals surface area contributed by atoms with Crippen LogP contribution in [0.4, 0.5) is 0 Å². The molecule has 3 amide bonds. The van der Waals surface area contributed by atoms with E-state index in [1.165, 1.54) is 23.1 Å². The van der Waals surface area contributed by atoms with Gasteiger partial charge in [0.1, 0.15) is 5.75 Å². The standard InChI is InChI=1S/C27H28N2O5/c1-17-6-2-4-8-20(17)25(31)28-13-12-18-7-3-5-9-21(18)24(28)15-29-26(32)22-11-10-19(34-16-30)14-23(22)27(29)33/h3,5,7,9-11,14,16-17,20,24H,2,4,6,8,12-13,15H2,1H3. The van der Waals surface area contributed by atoms with Gasteiger partial charge in [0.25, 0.3) is 18.3 Å². The van der Waals surface area contributed by atoms with E-state index in [0.717, 1.165) is 43.2 Å². The van der Waals surface area contributed by atoms with E-state index in [9.17, 15) is 19.2 Å². The van der Waals surface area contributed by atoms with Crippen LogP contribution in [0.5, 0.6) is 5.75 Å². The first-order chi connectivity index (χ1) is 16.5. The molecule has 0 bridgehead atoms. The lowest BCUT2D eigenvalue weighted by atomic mass is 9.78. The molecule has 0 aromatic heterocycles. The van der Waals surface area contributed by atoms with Gasteiger partial charge < -0.3 is 9.64 Å². The van der Waals surface area contributed by atoms with E-state index >= 15 is 0 Å². The molecule has 2 aromatic rings. The third-order valence-electron chi connectivity index (χ3n) is 7.61. The molecule has 3 atom stereocenters. The molecule has 0 N–H and O–H groups in total. The zero-order chi connectivity index (χ0) is 23.8. The second kappa shape index (κ2) is 9.05. The van der Waals surface area contributed by atoms with Crippen molar-refractivity contribution >= 4 is 24.2 Å². The predicted octanol–water partition coefficient (Wildman–Crippen LogP) is 3.77. The zero-order valence-corrected chi connectivity index (χ0v) is 19.2. The van der Waals surface area contributed by atoms with Crippen LogP contribution in [0.15, 0.2) is 42.5 Å². The van der Waals surface area contributed by atoms with Crippen molar-refractivity contribution in [2.24, 2.45) is 11.8 Å². The summed E-state index contributed by atoms with van der Waals surface area (Å²) in [5, 5.41) is 0. The average Bonchev–Trinajstić information content (AvgIpc) is 3.08. The number of nitrogens with zero attached hydrogens (tertiary/aromatic N) is 2. The molecule has 7 heteroatoms. The number of ether oxygens (including phenoxy) is 1. The molecule has 1 fully saturated rings. The maximum Gasteiger partial charge on any atom is 0.298 e. The smallest absolute Gasteiger partial charge is 0.298 e.